The zero-order valence-corrected chi connectivity index (χ0v) is 10.3. The Morgan fingerprint density at radius 2 is 2.22 bits per heavy atom. The molecule has 0 aliphatic rings. The molecule has 0 saturated heterocycles. The second-order valence-corrected chi connectivity index (χ2v) is 3.67. The highest BCUT2D eigenvalue weighted by Gasteiger charge is 2.09. The molecule has 0 aliphatic carbocycles. The second-order valence-electron chi connectivity index (χ2n) is 3.67. The van der Waals surface area contributed by atoms with Crippen LogP contribution in [0.1, 0.15) is 23.1 Å². The maximum atomic E-state index is 11.6. The maximum Gasteiger partial charge on any atom is 0.339 e. The standard InChI is InChI=1S/C13H13N3O2/c1-3-18-13(17)11-6-10(7-14-8-11)12-4-5-15-9(2)16-12/h4-8H,3H2,1-2H3. The van der Waals surface area contributed by atoms with Gasteiger partial charge in [0.15, 0.2) is 0 Å². The number of carbonyl (C=O) groups is 1. The fraction of sp³-hybridized carbons (Fsp3) is 0.231. The molecule has 92 valence electrons. The quantitative estimate of drug-likeness (QED) is 0.772. The van der Waals surface area contributed by atoms with E-state index in [1.807, 2.05) is 6.92 Å². The highest BCUT2D eigenvalue weighted by Crippen LogP contribution is 2.17. The van der Waals surface area contributed by atoms with Crippen molar-refractivity contribution in [3.8, 4) is 11.3 Å². The predicted octanol–water partition coefficient (Wildman–Crippen LogP) is 2.02. The van der Waals surface area contributed by atoms with Gasteiger partial charge in [0.25, 0.3) is 0 Å². The topological polar surface area (TPSA) is 65.0 Å². The average molecular weight is 243 g/mol. The first kappa shape index (κ1) is 12.2. The minimum absolute atomic E-state index is 0.343. The molecule has 5 nitrogen and oxygen atoms in total. The van der Waals surface area contributed by atoms with Gasteiger partial charge in [0.05, 0.1) is 17.9 Å². The molecule has 2 aromatic heterocycles. The Labute approximate surface area is 105 Å². The molecule has 0 unspecified atom stereocenters. The Kier molecular flexibility index (Phi) is 3.62. The Bertz CT molecular complexity index is 570. The minimum Gasteiger partial charge on any atom is -0.462 e. The average Bonchev–Trinajstić information content (AvgIpc) is 2.39. The number of aryl methyl sites for hydroxylation is 1. The maximum absolute atomic E-state index is 11.6. The summed E-state index contributed by atoms with van der Waals surface area (Å²) >= 11 is 0. The molecule has 0 atom stereocenters. The lowest BCUT2D eigenvalue weighted by Gasteiger charge is -2.04. The molecule has 2 aromatic rings. The zero-order chi connectivity index (χ0) is 13.0. The number of aromatic nitrogens is 3. The number of nitrogens with zero attached hydrogens (tertiary/aromatic N) is 3. The molecule has 0 fully saturated rings. The summed E-state index contributed by atoms with van der Waals surface area (Å²) in [5.41, 5.74) is 1.93. The van der Waals surface area contributed by atoms with E-state index in [0.29, 0.717) is 18.0 Å². The normalized spacial score (nSPS) is 10.1. The number of pyridine rings is 1. The Morgan fingerprint density at radius 3 is 2.94 bits per heavy atom. The molecular formula is C13H13N3O2. The van der Waals surface area contributed by atoms with Crippen LogP contribution in [-0.2, 0) is 4.74 Å². The van der Waals surface area contributed by atoms with Gasteiger partial charge in [-0.25, -0.2) is 14.8 Å². The fourth-order valence-electron chi connectivity index (χ4n) is 1.52. The third-order valence-electron chi connectivity index (χ3n) is 2.32. The van der Waals surface area contributed by atoms with Gasteiger partial charge in [-0.2, -0.15) is 0 Å². The Hall–Kier alpha value is -2.30. The van der Waals surface area contributed by atoms with Gasteiger partial charge in [-0.1, -0.05) is 0 Å². The van der Waals surface area contributed by atoms with Gasteiger partial charge in [0, 0.05) is 24.2 Å². The van der Waals surface area contributed by atoms with Crippen molar-refractivity contribution in [2.75, 3.05) is 6.61 Å². The molecule has 2 rings (SSSR count). The first-order valence-corrected chi connectivity index (χ1v) is 5.63. The first-order valence-electron chi connectivity index (χ1n) is 5.63. The van der Waals surface area contributed by atoms with Crippen LogP contribution >= 0.6 is 0 Å². The number of esters is 1. The Morgan fingerprint density at radius 1 is 1.39 bits per heavy atom. The van der Waals surface area contributed by atoms with Crippen LogP contribution in [0.5, 0.6) is 0 Å². The third-order valence-corrected chi connectivity index (χ3v) is 2.32. The summed E-state index contributed by atoms with van der Waals surface area (Å²) in [7, 11) is 0. The molecule has 5 heteroatoms. The van der Waals surface area contributed by atoms with Gasteiger partial charge in [0.2, 0.25) is 0 Å². The lowest BCUT2D eigenvalue weighted by molar-refractivity contribution is 0.0526. The molecule has 0 amide bonds. The van der Waals surface area contributed by atoms with Crippen LogP contribution in [0, 0.1) is 6.92 Å². The summed E-state index contributed by atoms with van der Waals surface area (Å²) in [6.45, 7) is 3.92. The number of ether oxygens (including phenoxy) is 1. The third kappa shape index (κ3) is 2.68. The summed E-state index contributed by atoms with van der Waals surface area (Å²) in [5.74, 6) is 0.298. The van der Waals surface area contributed by atoms with Crippen LogP contribution in [-0.4, -0.2) is 27.5 Å². The summed E-state index contributed by atoms with van der Waals surface area (Å²) in [4.78, 5) is 23.9. The van der Waals surface area contributed by atoms with Gasteiger partial charge in [-0.05, 0) is 26.0 Å². The molecule has 18 heavy (non-hydrogen) atoms. The second kappa shape index (κ2) is 5.35. The number of carbonyl (C=O) groups excluding carboxylic acids is 1. The van der Waals surface area contributed by atoms with Crippen molar-refractivity contribution in [2.45, 2.75) is 13.8 Å². The summed E-state index contributed by atoms with van der Waals surface area (Å²) in [5, 5.41) is 0. The largest absolute Gasteiger partial charge is 0.462 e. The lowest BCUT2D eigenvalue weighted by Crippen LogP contribution is -2.05. The number of hydrogen-bond acceptors (Lipinski definition) is 5. The summed E-state index contributed by atoms with van der Waals surface area (Å²) in [6, 6.07) is 3.49. The molecule has 0 spiro atoms. The van der Waals surface area contributed by atoms with E-state index in [2.05, 4.69) is 15.0 Å². The van der Waals surface area contributed by atoms with E-state index in [1.165, 1.54) is 6.20 Å². The van der Waals surface area contributed by atoms with Gasteiger partial charge < -0.3 is 4.74 Å². The van der Waals surface area contributed by atoms with Crippen LogP contribution < -0.4 is 0 Å². The van der Waals surface area contributed by atoms with Gasteiger partial charge in [-0.15, -0.1) is 0 Å². The van der Waals surface area contributed by atoms with Crippen molar-refractivity contribution in [2.24, 2.45) is 0 Å². The van der Waals surface area contributed by atoms with Crippen molar-refractivity contribution in [1.82, 2.24) is 15.0 Å². The van der Waals surface area contributed by atoms with Crippen LogP contribution in [0.2, 0.25) is 0 Å². The van der Waals surface area contributed by atoms with E-state index < -0.39 is 0 Å². The lowest BCUT2D eigenvalue weighted by atomic mass is 10.1. The molecular weight excluding hydrogens is 230 g/mol. The molecule has 0 N–H and O–H groups in total. The van der Waals surface area contributed by atoms with Gasteiger partial charge in [-0.3, -0.25) is 4.98 Å². The molecule has 0 bridgehead atoms. The molecule has 0 radical (unpaired) electrons. The van der Waals surface area contributed by atoms with E-state index in [9.17, 15) is 4.79 Å². The smallest absolute Gasteiger partial charge is 0.339 e. The van der Waals surface area contributed by atoms with Crippen molar-refractivity contribution >= 4 is 5.97 Å². The zero-order valence-electron chi connectivity index (χ0n) is 10.3. The van der Waals surface area contributed by atoms with Crippen LogP contribution in [0.3, 0.4) is 0 Å². The van der Waals surface area contributed by atoms with E-state index in [0.717, 1.165) is 11.3 Å². The molecule has 0 aromatic carbocycles. The van der Waals surface area contributed by atoms with Crippen LogP contribution in [0.25, 0.3) is 11.3 Å². The van der Waals surface area contributed by atoms with Crippen molar-refractivity contribution in [3.63, 3.8) is 0 Å². The van der Waals surface area contributed by atoms with Crippen molar-refractivity contribution in [1.29, 1.82) is 0 Å². The Balaban J connectivity index is 2.35. The fourth-order valence-corrected chi connectivity index (χ4v) is 1.52. The summed E-state index contributed by atoms with van der Waals surface area (Å²) < 4.78 is 4.93. The first-order chi connectivity index (χ1) is 8.70. The highest BCUT2D eigenvalue weighted by molar-refractivity contribution is 5.90. The van der Waals surface area contributed by atoms with E-state index in [4.69, 9.17) is 4.74 Å². The SMILES string of the molecule is CCOC(=O)c1cncc(-c2ccnc(C)n2)c1. The van der Waals surface area contributed by atoms with E-state index in [-0.39, 0.29) is 5.97 Å². The van der Waals surface area contributed by atoms with E-state index in [1.54, 1.807) is 31.5 Å². The number of hydrogen-bond donors (Lipinski definition) is 0. The summed E-state index contributed by atoms with van der Waals surface area (Å²) in [6.07, 6.45) is 4.81. The monoisotopic (exact) mass is 243 g/mol. The van der Waals surface area contributed by atoms with E-state index >= 15 is 0 Å². The van der Waals surface area contributed by atoms with Crippen LogP contribution in [0.15, 0.2) is 30.7 Å². The molecule has 0 saturated carbocycles. The predicted molar refractivity (Wildman–Crippen MR) is 66.0 cm³/mol. The molecule has 0 aliphatic heterocycles. The molecule has 2 heterocycles. The highest BCUT2D eigenvalue weighted by atomic mass is 16.5. The van der Waals surface area contributed by atoms with Gasteiger partial charge >= 0.3 is 5.97 Å². The van der Waals surface area contributed by atoms with Crippen molar-refractivity contribution < 1.29 is 9.53 Å². The van der Waals surface area contributed by atoms with Gasteiger partial charge in [0.1, 0.15) is 5.82 Å². The number of rotatable bonds is 3. The van der Waals surface area contributed by atoms with Crippen molar-refractivity contribution in [3.05, 3.63) is 42.1 Å². The minimum atomic E-state index is -0.377. The van der Waals surface area contributed by atoms with Crippen LogP contribution in [0.4, 0.5) is 0 Å².